The van der Waals surface area contributed by atoms with Crippen LogP contribution < -0.4 is 5.32 Å². The van der Waals surface area contributed by atoms with Gasteiger partial charge in [0, 0.05) is 52.8 Å². The highest BCUT2D eigenvalue weighted by Crippen LogP contribution is 2.25. The predicted octanol–water partition coefficient (Wildman–Crippen LogP) is -0.0231. The van der Waals surface area contributed by atoms with Crippen molar-refractivity contribution >= 4 is 11.8 Å². The highest BCUT2D eigenvalue weighted by atomic mass is 16.5. The number of aliphatic hydroxyl groups is 1. The molecule has 2 saturated heterocycles. The van der Waals surface area contributed by atoms with Gasteiger partial charge in [-0.1, -0.05) is 0 Å². The molecule has 0 saturated carbocycles. The number of carbonyl (C=O) groups excluding carboxylic acids is 2. The van der Waals surface area contributed by atoms with Crippen LogP contribution in [0, 0.1) is 0 Å². The quantitative estimate of drug-likeness (QED) is 0.734. The fourth-order valence-electron chi connectivity index (χ4n) is 3.74. The zero-order valence-electron chi connectivity index (χ0n) is 14.9. The number of methoxy groups -OCH3 is 1. The van der Waals surface area contributed by atoms with Crippen LogP contribution in [0.15, 0.2) is 0 Å². The molecule has 2 rings (SSSR count). The molecule has 2 fully saturated rings. The van der Waals surface area contributed by atoms with Crippen LogP contribution in [0.3, 0.4) is 0 Å². The average Bonchev–Trinajstić information content (AvgIpc) is 2.71. The molecule has 0 aromatic carbocycles. The number of piperidine rings is 1. The van der Waals surface area contributed by atoms with Crippen LogP contribution in [0.2, 0.25) is 0 Å². The van der Waals surface area contributed by atoms with Crippen LogP contribution in [-0.4, -0.2) is 84.8 Å². The molecule has 1 atom stereocenters. The van der Waals surface area contributed by atoms with Crippen molar-refractivity contribution in [2.24, 2.45) is 0 Å². The van der Waals surface area contributed by atoms with Crippen molar-refractivity contribution in [3.05, 3.63) is 0 Å². The monoisotopic (exact) mass is 341 g/mol. The molecule has 24 heavy (non-hydrogen) atoms. The summed E-state index contributed by atoms with van der Waals surface area (Å²) < 4.78 is 4.92. The van der Waals surface area contributed by atoms with Crippen molar-refractivity contribution in [1.29, 1.82) is 0 Å². The minimum absolute atomic E-state index is 0.00197. The highest BCUT2D eigenvalue weighted by Gasteiger charge is 2.34. The number of nitrogens with one attached hydrogen (secondary N) is 1. The first-order chi connectivity index (χ1) is 11.4. The van der Waals surface area contributed by atoms with Gasteiger partial charge in [-0.05, 0) is 32.1 Å². The van der Waals surface area contributed by atoms with Gasteiger partial charge in [-0.15, -0.1) is 0 Å². The molecule has 0 aromatic heterocycles. The maximum atomic E-state index is 12.0. The summed E-state index contributed by atoms with van der Waals surface area (Å²) in [6.07, 6.45) is 3.99. The van der Waals surface area contributed by atoms with E-state index in [1.807, 2.05) is 0 Å². The molecule has 2 heterocycles. The van der Waals surface area contributed by atoms with E-state index in [9.17, 15) is 14.7 Å². The lowest BCUT2D eigenvalue weighted by Crippen LogP contribution is -2.50. The maximum absolute atomic E-state index is 12.0. The van der Waals surface area contributed by atoms with Crippen molar-refractivity contribution in [3.63, 3.8) is 0 Å². The van der Waals surface area contributed by atoms with Crippen LogP contribution >= 0.6 is 0 Å². The molecule has 2 aliphatic rings. The molecule has 2 aliphatic heterocycles. The molecule has 0 unspecified atom stereocenters. The summed E-state index contributed by atoms with van der Waals surface area (Å²) in [6, 6.07) is 0.254. The standard InChI is InChI=1S/C17H31N3O4/c1-14(21)18-15-4-9-19(10-5-15)13-17(23)6-3-8-20(11-7-17)16(22)12-24-2/h15,23H,3-13H2,1-2H3,(H,18,21)/t17-/m1/s1. The summed E-state index contributed by atoms with van der Waals surface area (Å²) in [5, 5.41) is 13.9. The van der Waals surface area contributed by atoms with Gasteiger partial charge in [0.15, 0.2) is 0 Å². The van der Waals surface area contributed by atoms with E-state index in [4.69, 9.17) is 4.74 Å². The van der Waals surface area contributed by atoms with E-state index >= 15 is 0 Å². The Morgan fingerprint density at radius 3 is 2.54 bits per heavy atom. The van der Waals surface area contributed by atoms with Crippen molar-refractivity contribution < 1.29 is 19.4 Å². The zero-order chi connectivity index (χ0) is 17.6. The summed E-state index contributed by atoms with van der Waals surface area (Å²) in [5.74, 6) is 0.0227. The van der Waals surface area contributed by atoms with E-state index < -0.39 is 5.60 Å². The Bertz CT molecular complexity index is 438. The van der Waals surface area contributed by atoms with Crippen LogP contribution in [0.25, 0.3) is 0 Å². The van der Waals surface area contributed by atoms with E-state index in [0.29, 0.717) is 26.1 Å². The number of hydrogen-bond donors (Lipinski definition) is 2. The number of hydrogen-bond acceptors (Lipinski definition) is 5. The van der Waals surface area contributed by atoms with E-state index in [1.165, 1.54) is 7.11 Å². The van der Waals surface area contributed by atoms with Crippen LogP contribution in [0.4, 0.5) is 0 Å². The molecular formula is C17H31N3O4. The van der Waals surface area contributed by atoms with Gasteiger partial charge in [-0.3, -0.25) is 9.59 Å². The summed E-state index contributed by atoms with van der Waals surface area (Å²) >= 11 is 0. The lowest BCUT2D eigenvalue weighted by atomic mass is 9.93. The Labute approximate surface area is 144 Å². The van der Waals surface area contributed by atoms with Gasteiger partial charge in [0.1, 0.15) is 6.61 Å². The molecule has 0 aliphatic carbocycles. The molecular weight excluding hydrogens is 310 g/mol. The summed E-state index contributed by atoms with van der Waals surface area (Å²) in [4.78, 5) is 27.2. The van der Waals surface area contributed by atoms with Crippen molar-refractivity contribution in [1.82, 2.24) is 15.1 Å². The Kier molecular flexibility index (Phi) is 7.01. The molecule has 7 nitrogen and oxygen atoms in total. The molecule has 0 radical (unpaired) electrons. The highest BCUT2D eigenvalue weighted by molar-refractivity contribution is 5.77. The number of carbonyl (C=O) groups is 2. The first-order valence-corrected chi connectivity index (χ1v) is 8.90. The fourth-order valence-corrected chi connectivity index (χ4v) is 3.74. The minimum Gasteiger partial charge on any atom is -0.388 e. The molecule has 138 valence electrons. The fraction of sp³-hybridized carbons (Fsp3) is 0.882. The first-order valence-electron chi connectivity index (χ1n) is 8.90. The van der Waals surface area contributed by atoms with Crippen molar-refractivity contribution in [2.45, 2.75) is 50.7 Å². The Balaban J connectivity index is 1.80. The largest absolute Gasteiger partial charge is 0.388 e. The van der Waals surface area contributed by atoms with Crippen molar-refractivity contribution in [2.75, 3.05) is 46.4 Å². The Morgan fingerprint density at radius 1 is 1.21 bits per heavy atom. The normalized spacial score (nSPS) is 26.9. The van der Waals surface area contributed by atoms with Gasteiger partial charge < -0.3 is 25.0 Å². The van der Waals surface area contributed by atoms with Crippen LogP contribution in [0.5, 0.6) is 0 Å². The van der Waals surface area contributed by atoms with Crippen LogP contribution in [-0.2, 0) is 14.3 Å². The Hall–Kier alpha value is -1.18. The number of ether oxygens (including phenoxy) is 1. The third-order valence-electron chi connectivity index (χ3n) is 5.05. The number of amides is 2. The third-order valence-corrected chi connectivity index (χ3v) is 5.05. The zero-order valence-corrected chi connectivity index (χ0v) is 14.9. The van der Waals surface area contributed by atoms with Gasteiger partial charge in [-0.2, -0.15) is 0 Å². The molecule has 0 spiro atoms. The second kappa shape index (κ2) is 8.78. The molecule has 2 N–H and O–H groups in total. The second-order valence-electron chi connectivity index (χ2n) is 7.14. The lowest BCUT2D eigenvalue weighted by Gasteiger charge is -2.38. The summed E-state index contributed by atoms with van der Waals surface area (Å²) in [7, 11) is 1.52. The van der Waals surface area contributed by atoms with Gasteiger partial charge in [-0.25, -0.2) is 0 Å². The molecule has 7 heteroatoms. The smallest absolute Gasteiger partial charge is 0.248 e. The third kappa shape index (κ3) is 5.72. The first kappa shape index (κ1) is 19.1. The number of β-amino-alcohol motifs (C(OH)–C–C–N with tert-alkyl or cyclic N) is 1. The van der Waals surface area contributed by atoms with E-state index in [0.717, 1.165) is 38.8 Å². The molecule has 0 bridgehead atoms. The number of rotatable bonds is 5. The summed E-state index contributed by atoms with van der Waals surface area (Å²) in [6.45, 7) is 5.35. The van der Waals surface area contributed by atoms with E-state index in [-0.39, 0.29) is 24.5 Å². The number of nitrogens with zero attached hydrogens (tertiary/aromatic N) is 2. The second-order valence-corrected chi connectivity index (χ2v) is 7.14. The number of likely N-dealkylation sites (tertiary alicyclic amines) is 2. The van der Waals surface area contributed by atoms with Gasteiger partial charge in [0.25, 0.3) is 0 Å². The maximum Gasteiger partial charge on any atom is 0.248 e. The minimum atomic E-state index is -0.733. The van der Waals surface area contributed by atoms with Gasteiger partial charge in [0.2, 0.25) is 11.8 Å². The van der Waals surface area contributed by atoms with Crippen LogP contribution in [0.1, 0.15) is 39.0 Å². The topological polar surface area (TPSA) is 82.1 Å². The van der Waals surface area contributed by atoms with Crippen molar-refractivity contribution in [3.8, 4) is 0 Å². The predicted molar refractivity (Wildman–Crippen MR) is 90.5 cm³/mol. The SMILES string of the molecule is COCC(=O)N1CCC[C@](O)(CN2CCC(NC(C)=O)CC2)CC1. The Morgan fingerprint density at radius 2 is 1.92 bits per heavy atom. The van der Waals surface area contributed by atoms with E-state index in [2.05, 4.69) is 10.2 Å². The van der Waals surface area contributed by atoms with Gasteiger partial charge in [0.05, 0.1) is 5.60 Å². The average molecular weight is 341 g/mol. The lowest BCUT2D eigenvalue weighted by molar-refractivity contribution is -0.135. The summed E-state index contributed by atoms with van der Waals surface area (Å²) in [5.41, 5.74) is -0.733. The van der Waals surface area contributed by atoms with E-state index in [1.54, 1.807) is 11.8 Å². The van der Waals surface area contributed by atoms with Gasteiger partial charge >= 0.3 is 0 Å². The molecule has 2 amide bonds. The molecule has 0 aromatic rings.